The van der Waals surface area contributed by atoms with Gasteiger partial charge in [-0.3, -0.25) is 10.1 Å². The second-order valence-electron chi connectivity index (χ2n) is 5.19. The molecule has 128 valence electrons. The van der Waals surface area contributed by atoms with Crippen LogP contribution in [0, 0.1) is 10.1 Å². The fourth-order valence-corrected chi connectivity index (χ4v) is 2.15. The molecule has 0 radical (unpaired) electrons. The fourth-order valence-electron chi connectivity index (χ4n) is 2.15. The van der Waals surface area contributed by atoms with E-state index in [0.29, 0.717) is 17.5 Å². The molecule has 2 aromatic carbocycles. The largest absolute Gasteiger partial charge is 0.497 e. The molecule has 0 spiro atoms. The van der Waals surface area contributed by atoms with Crippen molar-refractivity contribution in [2.45, 2.75) is 13.0 Å². The summed E-state index contributed by atoms with van der Waals surface area (Å²) in [6, 6.07) is 13.0. The van der Waals surface area contributed by atoms with E-state index >= 15 is 0 Å². The molecule has 1 atom stereocenters. The van der Waals surface area contributed by atoms with Crippen molar-refractivity contribution < 1.29 is 18.8 Å². The summed E-state index contributed by atoms with van der Waals surface area (Å²) in [5.41, 5.74) is 0.765. The smallest absolute Gasteiger partial charge is 0.269 e. The van der Waals surface area contributed by atoms with Gasteiger partial charge in [0.1, 0.15) is 11.5 Å². The monoisotopic (exact) mass is 341 g/mol. The average molecular weight is 341 g/mol. The Labute approximate surface area is 143 Å². The van der Waals surface area contributed by atoms with Crippen LogP contribution in [0.4, 0.5) is 5.69 Å². The second-order valence-corrected chi connectivity index (χ2v) is 5.19. The number of hydrogen-bond donors (Lipinski definition) is 0. The number of hydrogen-bond acceptors (Lipinski definition) is 7. The third-order valence-electron chi connectivity index (χ3n) is 3.49. The Morgan fingerprint density at radius 3 is 2.28 bits per heavy atom. The van der Waals surface area contributed by atoms with Crippen LogP contribution < -0.4 is 9.47 Å². The molecule has 8 nitrogen and oxygen atoms in total. The number of nitrogens with zero attached hydrogens (tertiary/aromatic N) is 3. The number of aromatic nitrogens is 2. The molecular formula is C17H15N3O5. The molecule has 0 unspecified atom stereocenters. The van der Waals surface area contributed by atoms with Crippen LogP contribution in [0.3, 0.4) is 0 Å². The molecule has 0 aliphatic heterocycles. The summed E-state index contributed by atoms with van der Waals surface area (Å²) in [5, 5.41) is 18.7. The number of nitro benzene ring substituents is 1. The minimum absolute atomic E-state index is 0.000384. The predicted molar refractivity (Wildman–Crippen MR) is 88.4 cm³/mol. The van der Waals surface area contributed by atoms with Crippen molar-refractivity contribution >= 4 is 5.69 Å². The number of ether oxygens (including phenoxy) is 2. The third kappa shape index (κ3) is 3.74. The summed E-state index contributed by atoms with van der Waals surface area (Å²) in [4.78, 5) is 10.2. The standard InChI is InChI=1S/C17H15N3O5/c1-11(24-15-9-5-13(6-10-15)20(21)22)16-18-19-17(25-16)12-3-7-14(23-2)8-4-12/h3-11H,1-2H3/t11-/m1/s1. The summed E-state index contributed by atoms with van der Waals surface area (Å²) >= 11 is 0. The molecule has 0 saturated carbocycles. The highest BCUT2D eigenvalue weighted by Crippen LogP contribution is 2.26. The van der Waals surface area contributed by atoms with Gasteiger partial charge in [0.2, 0.25) is 5.89 Å². The molecule has 1 aromatic heterocycles. The van der Waals surface area contributed by atoms with Crippen LogP contribution in [0.2, 0.25) is 0 Å². The predicted octanol–water partition coefficient (Wildman–Crippen LogP) is 3.79. The van der Waals surface area contributed by atoms with Crippen molar-refractivity contribution in [3.8, 4) is 23.0 Å². The fraction of sp³-hybridized carbons (Fsp3) is 0.176. The van der Waals surface area contributed by atoms with E-state index in [2.05, 4.69) is 10.2 Å². The average Bonchev–Trinajstić information content (AvgIpc) is 3.12. The molecular weight excluding hydrogens is 326 g/mol. The first-order chi connectivity index (χ1) is 12.1. The molecule has 3 aromatic rings. The van der Waals surface area contributed by atoms with Gasteiger partial charge < -0.3 is 13.9 Å². The van der Waals surface area contributed by atoms with E-state index in [4.69, 9.17) is 13.9 Å². The van der Waals surface area contributed by atoms with Crippen molar-refractivity contribution in [3.63, 3.8) is 0 Å². The van der Waals surface area contributed by atoms with E-state index in [1.165, 1.54) is 24.3 Å². The lowest BCUT2D eigenvalue weighted by molar-refractivity contribution is -0.384. The van der Waals surface area contributed by atoms with Crippen LogP contribution in [0.5, 0.6) is 11.5 Å². The molecule has 3 rings (SSSR count). The van der Waals surface area contributed by atoms with Gasteiger partial charge in [0.25, 0.3) is 11.6 Å². The van der Waals surface area contributed by atoms with Crippen molar-refractivity contribution in [3.05, 3.63) is 64.5 Å². The molecule has 8 heteroatoms. The van der Waals surface area contributed by atoms with Gasteiger partial charge in [-0.1, -0.05) is 0 Å². The SMILES string of the molecule is COc1ccc(-c2nnc([C@@H](C)Oc3ccc([N+](=O)[O-])cc3)o2)cc1. The van der Waals surface area contributed by atoms with E-state index in [0.717, 1.165) is 11.3 Å². The highest BCUT2D eigenvalue weighted by atomic mass is 16.6. The first kappa shape index (κ1) is 16.4. The summed E-state index contributed by atoms with van der Waals surface area (Å²) in [6.07, 6.45) is -0.499. The quantitative estimate of drug-likeness (QED) is 0.496. The van der Waals surface area contributed by atoms with Gasteiger partial charge in [-0.15, -0.1) is 10.2 Å². The van der Waals surface area contributed by atoms with Crippen LogP contribution in [-0.4, -0.2) is 22.2 Å². The Balaban J connectivity index is 1.71. The van der Waals surface area contributed by atoms with Gasteiger partial charge in [-0.2, -0.15) is 0 Å². The second kappa shape index (κ2) is 7.00. The molecule has 25 heavy (non-hydrogen) atoms. The van der Waals surface area contributed by atoms with Gasteiger partial charge in [0.05, 0.1) is 12.0 Å². The van der Waals surface area contributed by atoms with Crippen LogP contribution in [0.1, 0.15) is 18.9 Å². The van der Waals surface area contributed by atoms with Gasteiger partial charge in [-0.25, -0.2) is 0 Å². The number of nitro groups is 1. The van der Waals surface area contributed by atoms with Crippen molar-refractivity contribution in [1.29, 1.82) is 0 Å². The van der Waals surface area contributed by atoms with E-state index in [9.17, 15) is 10.1 Å². The molecule has 0 amide bonds. The first-order valence-corrected chi connectivity index (χ1v) is 7.46. The maximum atomic E-state index is 10.7. The lowest BCUT2D eigenvalue weighted by atomic mass is 10.2. The lowest BCUT2D eigenvalue weighted by Crippen LogP contribution is -2.03. The summed E-state index contributed by atoms with van der Waals surface area (Å²) in [5.74, 6) is 1.89. The van der Waals surface area contributed by atoms with E-state index in [1.807, 2.05) is 12.1 Å². The zero-order valence-electron chi connectivity index (χ0n) is 13.6. The molecule has 0 aliphatic rings. The number of methoxy groups -OCH3 is 1. The summed E-state index contributed by atoms with van der Waals surface area (Å²) in [7, 11) is 1.59. The number of non-ortho nitro benzene ring substituents is 1. The van der Waals surface area contributed by atoms with E-state index in [-0.39, 0.29) is 5.69 Å². The van der Waals surface area contributed by atoms with Gasteiger partial charge in [0.15, 0.2) is 6.10 Å². The first-order valence-electron chi connectivity index (χ1n) is 7.46. The van der Waals surface area contributed by atoms with Crippen molar-refractivity contribution in [2.24, 2.45) is 0 Å². The highest BCUT2D eigenvalue weighted by molar-refractivity contribution is 5.54. The van der Waals surface area contributed by atoms with Crippen LogP contribution in [0.25, 0.3) is 11.5 Å². The summed E-state index contributed by atoms with van der Waals surface area (Å²) in [6.45, 7) is 1.76. The Hall–Kier alpha value is -3.42. The zero-order valence-corrected chi connectivity index (χ0v) is 13.6. The van der Waals surface area contributed by atoms with Gasteiger partial charge >= 0.3 is 0 Å². The normalized spacial score (nSPS) is 11.8. The molecule has 0 aliphatic carbocycles. The van der Waals surface area contributed by atoms with Crippen LogP contribution in [-0.2, 0) is 0 Å². The Bertz CT molecular complexity index is 859. The van der Waals surface area contributed by atoms with Crippen LogP contribution >= 0.6 is 0 Å². The summed E-state index contributed by atoms with van der Waals surface area (Å²) < 4.78 is 16.4. The zero-order chi connectivity index (χ0) is 17.8. The van der Waals surface area contributed by atoms with Crippen molar-refractivity contribution in [2.75, 3.05) is 7.11 Å². The maximum Gasteiger partial charge on any atom is 0.269 e. The Kier molecular flexibility index (Phi) is 4.60. The maximum absolute atomic E-state index is 10.7. The molecule has 0 fully saturated rings. The minimum Gasteiger partial charge on any atom is -0.497 e. The van der Waals surface area contributed by atoms with Crippen molar-refractivity contribution in [1.82, 2.24) is 10.2 Å². The molecule has 1 heterocycles. The Morgan fingerprint density at radius 2 is 1.68 bits per heavy atom. The lowest BCUT2D eigenvalue weighted by Gasteiger charge is -2.10. The topological polar surface area (TPSA) is 101 Å². The van der Waals surface area contributed by atoms with Crippen LogP contribution in [0.15, 0.2) is 52.9 Å². The molecule has 0 N–H and O–H groups in total. The molecule has 0 bridgehead atoms. The number of rotatable bonds is 6. The highest BCUT2D eigenvalue weighted by Gasteiger charge is 2.17. The third-order valence-corrected chi connectivity index (χ3v) is 3.49. The molecule has 0 saturated heterocycles. The van der Waals surface area contributed by atoms with Gasteiger partial charge in [0, 0.05) is 17.7 Å². The van der Waals surface area contributed by atoms with Gasteiger partial charge in [-0.05, 0) is 43.3 Å². The minimum atomic E-state index is -0.499. The Morgan fingerprint density at radius 1 is 1.04 bits per heavy atom. The number of benzene rings is 2. The van der Waals surface area contributed by atoms with E-state index < -0.39 is 11.0 Å². The van der Waals surface area contributed by atoms with E-state index in [1.54, 1.807) is 26.2 Å².